The molecule has 0 aliphatic carbocycles. The average Bonchev–Trinajstić information content (AvgIpc) is 1.88. The van der Waals surface area contributed by atoms with Crippen molar-refractivity contribution in [2.45, 2.75) is 13.3 Å². The highest BCUT2D eigenvalue weighted by Crippen LogP contribution is 1.96. The third-order valence-electron chi connectivity index (χ3n) is 1.05. The second-order valence-corrected chi connectivity index (χ2v) is 1.86. The molecule has 0 heterocycles. The van der Waals surface area contributed by atoms with E-state index in [4.69, 9.17) is 9.84 Å². The topological polar surface area (TPSA) is 46.5 Å². The van der Waals surface area contributed by atoms with E-state index in [9.17, 15) is 4.79 Å². The zero-order valence-electron chi connectivity index (χ0n) is 6.09. The van der Waals surface area contributed by atoms with Gasteiger partial charge < -0.3 is 9.84 Å². The van der Waals surface area contributed by atoms with Gasteiger partial charge >= 0.3 is 5.97 Å². The van der Waals surface area contributed by atoms with Crippen LogP contribution in [0.5, 0.6) is 0 Å². The van der Waals surface area contributed by atoms with Crippen molar-refractivity contribution in [2.75, 3.05) is 13.2 Å². The number of carbonyl (C=O) groups is 1. The molecule has 1 N–H and O–H groups in total. The van der Waals surface area contributed by atoms with Crippen molar-refractivity contribution >= 4 is 5.97 Å². The summed E-state index contributed by atoms with van der Waals surface area (Å²) < 4.78 is 4.93. The number of carboxylic acids is 1. The quantitative estimate of drug-likeness (QED) is 0.463. The summed E-state index contributed by atoms with van der Waals surface area (Å²) in [6.45, 7) is 6.28. The lowest BCUT2D eigenvalue weighted by molar-refractivity contribution is -0.132. The fraction of sp³-hybridized carbons (Fsp3) is 0.571. The molecule has 0 rings (SSSR count). The third kappa shape index (κ3) is 4.09. The van der Waals surface area contributed by atoms with E-state index < -0.39 is 5.97 Å². The number of hydrogen-bond donors (Lipinski definition) is 1. The Kier molecular flexibility index (Phi) is 4.58. The standard InChI is InChI=1S/C7H12O3/c1-3-10-5-4-6(2)7(8)9/h2-5H2,1H3,(H,8,9). The molecular weight excluding hydrogens is 132 g/mol. The average molecular weight is 144 g/mol. The Bertz CT molecular complexity index is 129. The van der Waals surface area contributed by atoms with E-state index in [1.165, 1.54) is 0 Å². The highest BCUT2D eigenvalue weighted by Gasteiger charge is 2.01. The SMILES string of the molecule is C=C(CCOCC)C(=O)O. The number of aliphatic carboxylic acids is 1. The van der Waals surface area contributed by atoms with Gasteiger partial charge in [-0.15, -0.1) is 0 Å². The van der Waals surface area contributed by atoms with E-state index in [0.29, 0.717) is 19.6 Å². The van der Waals surface area contributed by atoms with Crippen LogP contribution in [-0.4, -0.2) is 24.3 Å². The smallest absolute Gasteiger partial charge is 0.331 e. The van der Waals surface area contributed by atoms with E-state index in [2.05, 4.69) is 6.58 Å². The molecule has 58 valence electrons. The highest BCUT2D eigenvalue weighted by atomic mass is 16.5. The van der Waals surface area contributed by atoms with Crippen LogP contribution in [0.1, 0.15) is 13.3 Å². The van der Waals surface area contributed by atoms with Crippen LogP contribution in [0.2, 0.25) is 0 Å². The van der Waals surface area contributed by atoms with Crippen molar-refractivity contribution in [3.8, 4) is 0 Å². The van der Waals surface area contributed by atoms with Gasteiger partial charge in [-0.2, -0.15) is 0 Å². The van der Waals surface area contributed by atoms with E-state index in [1.807, 2.05) is 6.92 Å². The Morgan fingerprint density at radius 2 is 2.30 bits per heavy atom. The van der Waals surface area contributed by atoms with Gasteiger partial charge in [-0.25, -0.2) is 4.79 Å². The van der Waals surface area contributed by atoms with Crippen LogP contribution in [0.25, 0.3) is 0 Å². The van der Waals surface area contributed by atoms with Crippen LogP contribution < -0.4 is 0 Å². The maximum atomic E-state index is 10.1. The van der Waals surface area contributed by atoms with Crippen LogP contribution in [0.15, 0.2) is 12.2 Å². The fourth-order valence-corrected chi connectivity index (χ4v) is 0.447. The summed E-state index contributed by atoms with van der Waals surface area (Å²) >= 11 is 0. The molecule has 0 amide bonds. The van der Waals surface area contributed by atoms with Crippen molar-refractivity contribution in [3.05, 3.63) is 12.2 Å². The first kappa shape index (κ1) is 9.17. The molecule has 0 aliphatic heterocycles. The second kappa shape index (κ2) is 4.99. The van der Waals surface area contributed by atoms with E-state index >= 15 is 0 Å². The van der Waals surface area contributed by atoms with Gasteiger partial charge in [0.15, 0.2) is 0 Å². The minimum absolute atomic E-state index is 0.202. The molecule has 0 saturated heterocycles. The zero-order chi connectivity index (χ0) is 7.98. The van der Waals surface area contributed by atoms with E-state index in [0.717, 1.165) is 0 Å². The molecule has 0 unspecified atom stereocenters. The number of hydrogen-bond acceptors (Lipinski definition) is 2. The summed E-state index contributed by atoms with van der Waals surface area (Å²) in [7, 11) is 0. The van der Waals surface area contributed by atoms with Crippen LogP contribution in [0.4, 0.5) is 0 Å². The minimum atomic E-state index is -0.945. The Morgan fingerprint density at radius 1 is 1.70 bits per heavy atom. The Morgan fingerprint density at radius 3 is 2.70 bits per heavy atom. The van der Waals surface area contributed by atoms with Crippen LogP contribution in [-0.2, 0) is 9.53 Å². The molecule has 0 bridgehead atoms. The molecule has 0 aromatic rings. The molecule has 0 atom stereocenters. The summed E-state index contributed by atoms with van der Waals surface area (Å²) in [6.07, 6.45) is 0.406. The molecule has 0 aromatic carbocycles. The molecule has 0 aromatic heterocycles. The van der Waals surface area contributed by atoms with Gasteiger partial charge in [-0.3, -0.25) is 0 Å². The molecule has 0 fully saturated rings. The van der Waals surface area contributed by atoms with Gasteiger partial charge in [0, 0.05) is 18.6 Å². The van der Waals surface area contributed by atoms with Gasteiger partial charge in [-0.05, 0) is 6.92 Å². The first-order valence-electron chi connectivity index (χ1n) is 3.17. The minimum Gasteiger partial charge on any atom is -0.478 e. The number of carboxylic acid groups (broad SMARTS) is 1. The Hall–Kier alpha value is -0.830. The van der Waals surface area contributed by atoms with Crippen molar-refractivity contribution in [1.82, 2.24) is 0 Å². The lowest BCUT2D eigenvalue weighted by atomic mass is 10.2. The molecule has 0 saturated carbocycles. The van der Waals surface area contributed by atoms with E-state index in [-0.39, 0.29) is 5.57 Å². The predicted molar refractivity (Wildman–Crippen MR) is 37.9 cm³/mol. The van der Waals surface area contributed by atoms with Gasteiger partial charge in [0.2, 0.25) is 0 Å². The predicted octanol–water partition coefficient (Wildman–Crippen LogP) is 1.05. The fourth-order valence-electron chi connectivity index (χ4n) is 0.447. The molecule has 0 spiro atoms. The summed E-state index contributed by atoms with van der Waals surface area (Å²) in [5.74, 6) is -0.945. The first-order valence-corrected chi connectivity index (χ1v) is 3.17. The van der Waals surface area contributed by atoms with Crippen LogP contribution >= 0.6 is 0 Å². The number of ether oxygens (including phenoxy) is 1. The molecule has 0 aliphatic rings. The third-order valence-corrected chi connectivity index (χ3v) is 1.05. The van der Waals surface area contributed by atoms with Crippen molar-refractivity contribution in [3.63, 3.8) is 0 Å². The van der Waals surface area contributed by atoms with E-state index in [1.54, 1.807) is 0 Å². The first-order chi connectivity index (χ1) is 4.68. The molecule has 0 radical (unpaired) electrons. The Labute approximate surface area is 60.3 Å². The monoisotopic (exact) mass is 144 g/mol. The van der Waals surface area contributed by atoms with Crippen molar-refractivity contribution < 1.29 is 14.6 Å². The largest absolute Gasteiger partial charge is 0.478 e. The zero-order valence-corrected chi connectivity index (χ0v) is 6.09. The maximum absolute atomic E-state index is 10.1. The van der Waals surface area contributed by atoms with Crippen LogP contribution in [0, 0.1) is 0 Å². The summed E-state index contributed by atoms with van der Waals surface area (Å²) in [5, 5.41) is 8.33. The summed E-state index contributed by atoms with van der Waals surface area (Å²) in [6, 6.07) is 0. The van der Waals surface area contributed by atoms with Gasteiger partial charge in [0.25, 0.3) is 0 Å². The lowest BCUT2D eigenvalue weighted by Crippen LogP contribution is -2.03. The Balaban J connectivity index is 3.31. The molecule has 3 nitrogen and oxygen atoms in total. The molecular formula is C7H12O3. The lowest BCUT2D eigenvalue weighted by Gasteiger charge is -1.99. The van der Waals surface area contributed by atoms with Gasteiger partial charge in [0.05, 0.1) is 6.61 Å². The van der Waals surface area contributed by atoms with Gasteiger partial charge in [0.1, 0.15) is 0 Å². The summed E-state index contributed by atoms with van der Waals surface area (Å²) in [5.41, 5.74) is 0.202. The normalized spacial score (nSPS) is 9.30. The highest BCUT2D eigenvalue weighted by molar-refractivity contribution is 5.85. The van der Waals surface area contributed by atoms with Crippen molar-refractivity contribution in [1.29, 1.82) is 0 Å². The van der Waals surface area contributed by atoms with Crippen molar-refractivity contribution in [2.24, 2.45) is 0 Å². The maximum Gasteiger partial charge on any atom is 0.331 e. The number of rotatable bonds is 5. The second-order valence-electron chi connectivity index (χ2n) is 1.86. The van der Waals surface area contributed by atoms with Gasteiger partial charge in [-0.1, -0.05) is 6.58 Å². The van der Waals surface area contributed by atoms with Crippen LogP contribution in [0.3, 0.4) is 0 Å². The summed E-state index contributed by atoms with van der Waals surface area (Å²) in [4.78, 5) is 10.1. The molecule has 10 heavy (non-hydrogen) atoms. The molecule has 3 heteroatoms.